The molecule has 1 aromatic carbocycles. The Morgan fingerprint density at radius 3 is 2.47 bits per heavy atom. The number of anilines is 1. The third kappa shape index (κ3) is 4.42. The smallest absolute Gasteiger partial charge is 0.385 e. The summed E-state index contributed by atoms with van der Waals surface area (Å²) in [7, 11) is 3.17. The number of nitrogens with zero attached hydrogens (tertiary/aromatic N) is 1. The second kappa shape index (κ2) is 5.90. The van der Waals surface area contributed by atoms with Gasteiger partial charge in [-0.3, -0.25) is 4.79 Å². The number of carbonyl (C=O) groups excluding carboxylic acids is 1. The molecule has 19 heavy (non-hydrogen) atoms. The van der Waals surface area contributed by atoms with Crippen molar-refractivity contribution in [3.63, 3.8) is 0 Å². The molecular weight excluding hydrogens is 264 g/mol. The van der Waals surface area contributed by atoms with Gasteiger partial charge >= 0.3 is 6.18 Å². The summed E-state index contributed by atoms with van der Waals surface area (Å²) in [6.45, 7) is 0.180. The van der Waals surface area contributed by atoms with Crippen molar-refractivity contribution >= 4 is 11.6 Å². The summed E-state index contributed by atoms with van der Waals surface area (Å²) in [6, 6.07) is 2.64. The number of carbonyl (C=O) groups is 1. The molecule has 0 fully saturated rings. The molecule has 3 nitrogen and oxygen atoms in total. The number of hydrogen-bond donors (Lipinski definition) is 1. The molecule has 0 saturated heterocycles. The van der Waals surface area contributed by atoms with E-state index in [0.717, 1.165) is 6.07 Å². The number of hydrogen-bond acceptors (Lipinski definition) is 2. The van der Waals surface area contributed by atoms with E-state index in [1.807, 2.05) is 0 Å². The predicted molar refractivity (Wildman–Crippen MR) is 63.2 cm³/mol. The van der Waals surface area contributed by atoms with Gasteiger partial charge in [-0.2, -0.15) is 13.2 Å². The Hall–Kier alpha value is -1.79. The SMILES string of the molecule is CN(C)C(=O)CCNc1ccc(F)c(C(F)(F)F)c1. The van der Waals surface area contributed by atoms with E-state index in [9.17, 15) is 22.4 Å². The van der Waals surface area contributed by atoms with Crippen molar-refractivity contribution in [2.75, 3.05) is 26.0 Å². The Labute approximate surface area is 108 Å². The first-order chi connectivity index (χ1) is 8.71. The van der Waals surface area contributed by atoms with Crippen molar-refractivity contribution in [2.45, 2.75) is 12.6 Å². The van der Waals surface area contributed by atoms with E-state index in [-0.39, 0.29) is 24.6 Å². The molecule has 0 atom stereocenters. The Bertz CT molecular complexity index is 458. The van der Waals surface area contributed by atoms with Crippen LogP contribution in [0.5, 0.6) is 0 Å². The summed E-state index contributed by atoms with van der Waals surface area (Å²) >= 11 is 0. The standard InChI is InChI=1S/C12H14F4N2O/c1-18(2)11(19)5-6-17-8-3-4-10(13)9(7-8)12(14,15)16/h3-4,7,17H,5-6H2,1-2H3. The van der Waals surface area contributed by atoms with E-state index in [1.54, 1.807) is 14.1 Å². The number of alkyl halides is 3. The van der Waals surface area contributed by atoms with Crippen LogP contribution in [-0.4, -0.2) is 31.4 Å². The molecule has 1 aromatic rings. The molecule has 0 bridgehead atoms. The zero-order valence-corrected chi connectivity index (χ0v) is 10.5. The van der Waals surface area contributed by atoms with Crippen molar-refractivity contribution in [3.8, 4) is 0 Å². The fraction of sp³-hybridized carbons (Fsp3) is 0.417. The largest absolute Gasteiger partial charge is 0.419 e. The van der Waals surface area contributed by atoms with E-state index in [0.29, 0.717) is 6.07 Å². The van der Waals surface area contributed by atoms with Crippen LogP contribution < -0.4 is 5.32 Å². The maximum atomic E-state index is 13.0. The van der Waals surface area contributed by atoms with Crippen LogP contribution in [0.2, 0.25) is 0 Å². The lowest BCUT2D eigenvalue weighted by Gasteiger charge is -2.13. The zero-order valence-electron chi connectivity index (χ0n) is 10.5. The van der Waals surface area contributed by atoms with Gasteiger partial charge in [0.1, 0.15) is 5.82 Å². The number of nitrogens with one attached hydrogen (secondary N) is 1. The van der Waals surface area contributed by atoms with E-state index in [4.69, 9.17) is 0 Å². The maximum Gasteiger partial charge on any atom is 0.419 e. The first kappa shape index (κ1) is 15.3. The minimum atomic E-state index is -4.73. The maximum absolute atomic E-state index is 13.0. The van der Waals surface area contributed by atoms with Crippen LogP contribution >= 0.6 is 0 Å². The van der Waals surface area contributed by atoms with Crippen molar-refractivity contribution in [1.82, 2.24) is 4.90 Å². The summed E-state index contributed by atoms with van der Waals surface area (Å²) < 4.78 is 50.4. The zero-order chi connectivity index (χ0) is 14.6. The minimum Gasteiger partial charge on any atom is -0.385 e. The lowest BCUT2D eigenvalue weighted by Crippen LogP contribution is -2.24. The number of rotatable bonds is 4. The molecule has 0 radical (unpaired) electrons. The van der Waals surface area contributed by atoms with Gasteiger partial charge in [-0.25, -0.2) is 4.39 Å². The van der Waals surface area contributed by atoms with Crippen LogP contribution in [0.25, 0.3) is 0 Å². The first-order valence-electron chi connectivity index (χ1n) is 5.52. The highest BCUT2D eigenvalue weighted by molar-refractivity contribution is 5.76. The molecule has 1 N–H and O–H groups in total. The van der Waals surface area contributed by atoms with E-state index in [2.05, 4.69) is 5.32 Å². The molecule has 0 aromatic heterocycles. The molecule has 0 unspecified atom stereocenters. The fourth-order valence-electron chi connectivity index (χ4n) is 1.39. The number of halogens is 4. The van der Waals surface area contributed by atoms with Gasteiger partial charge in [0, 0.05) is 32.7 Å². The molecule has 0 heterocycles. The first-order valence-corrected chi connectivity index (χ1v) is 5.52. The van der Waals surface area contributed by atoms with E-state index < -0.39 is 17.6 Å². The molecular formula is C12H14F4N2O. The fourth-order valence-corrected chi connectivity index (χ4v) is 1.39. The summed E-state index contributed by atoms with van der Waals surface area (Å²) in [5, 5.41) is 2.66. The van der Waals surface area contributed by atoms with Gasteiger partial charge in [0.2, 0.25) is 5.91 Å². The van der Waals surface area contributed by atoms with Crippen LogP contribution in [0.15, 0.2) is 18.2 Å². The number of benzene rings is 1. The van der Waals surface area contributed by atoms with Crippen LogP contribution in [-0.2, 0) is 11.0 Å². The Morgan fingerprint density at radius 2 is 1.95 bits per heavy atom. The molecule has 7 heteroatoms. The quantitative estimate of drug-likeness (QED) is 0.859. The van der Waals surface area contributed by atoms with E-state index >= 15 is 0 Å². The average Bonchev–Trinajstić information content (AvgIpc) is 2.29. The molecule has 106 valence electrons. The van der Waals surface area contributed by atoms with Crippen LogP contribution in [0.1, 0.15) is 12.0 Å². The Balaban J connectivity index is 2.68. The summed E-state index contributed by atoms with van der Waals surface area (Å²) in [5.41, 5.74) is -1.20. The third-order valence-electron chi connectivity index (χ3n) is 2.44. The molecule has 1 amide bonds. The molecule has 0 aliphatic carbocycles. The van der Waals surface area contributed by atoms with Crippen molar-refractivity contribution < 1.29 is 22.4 Å². The second-order valence-corrected chi connectivity index (χ2v) is 4.16. The lowest BCUT2D eigenvalue weighted by molar-refractivity contribution is -0.140. The predicted octanol–water partition coefficient (Wildman–Crippen LogP) is 2.73. The van der Waals surface area contributed by atoms with Gasteiger partial charge < -0.3 is 10.2 Å². The highest BCUT2D eigenvalue weighted by Gasteiger charge is 2.34. The third-order valence-corrected chi connectivity index (χ3v) is 2.44. The second-order valence-electron chi connectivity index (χ2n) is 4.16. The van der Waals surface area contributed by atoms with Gasteiger partial charge in [0.15, 0.2) is 0 Å². The van der Waals surface area contributed by atoms with Gasteiger partial charge in [-0.05, 0) is 18.2 Å². The van der Waals surface area contributed by atoms with Crippen LogP contribution in [0.4, 0.5) is 23.2 Å². The van der Waals surface area contributed by atoms with E-state index in [1.165, 1.54) is 11.0 Å². The van der Waals surface area contributed by atoms with Crippen LogP contribution in [0, 0.1) is 5.82 Å². The average molecular weight is 278 g/mol. The molecule has 0 spiro atoms. The lowest BCUT2D eigenvalue weighted by atomic mass is 10.2. The highest BCUT2D eigenvalue weighted by Crippen LogP contribution is 2.32. The molecule has 1 rings (SSSR count). The van der Waals surface area contributed by atoms with Crippen molar-refractivity contribution in [2.24, 2.45) is 0 Å². The summed E-state index contributed by atoms with van der Waals surface area (Å²) in [6.07, 6.45) is -4.59. The summed E-state index contributed by atoms with van der Waals surface area (Å²) in [4.78, 5) is 12.6. The highest BCUT2D eigenvalue weighted by atomic mass is 19.4. The van der Waals surface area contributed by atoms with Gasteiger partial charge in [0.05, 0.1) is 5.56 Å². The van der Waals surface area contributed by atoms with Gasteiger partial charge in [0.25, 0.3) is 0 Å². The molecule has 0 aliphatic heterocycles. The van der Waals surface area contributed by atoms with Crippen molar-refractivity contribution in [1.29, 1.82) is 0 Å². The van der Waals surface area contributed by atoms with Gasteiger partial charge in [-0.15, -0.1) is 0 Å². The Kier molecular flexibility index (Phi) is 4.74. The van der Waals surface area contributed by atoms with Crippen LogP contribution in [0.3, 0.4) is 0 Å². The topological polar surface area (TPSA) is 32.3 Å². The molecule has 0 saturated carbocycles. The number of amides is 1. The molecule has 0 aliphatic rings. The normalized spacial score (nSPS) is 11.3. The van der Waals surface area contributed by atoms with Gasteiger partial charge in [-0.1, -0.05) is 0 Å². The summed E-state index contributed by atoms with van der Waals surface area (Å²) in [5.74, 6) is -1.46. The minimum absolute atomic E-state index is 0.125. The Morgan fingerprint density at radius 1 is 1.32 bits per heavy atom. The monoisotopic (exact) mass is 278 g/mol. The van der Waals surface area contributed by atoms with Crippen molar-refractivity contribution in [3.05, 3.63) is 29.6 Å².